The molecule has 0 unspecified atom stereocenters. The van der Waals surface area contributed by atoms with Crippen LogP contribution >= 0.6 is 0 Å². The number of nitrogen functional groups attached to an aromatic ring is 1. The van der Waals surface area contributed by atoms with Crippen LogP contribution in [0.2, 0.25) is 0 Å². The van der Waals surface area contributed by atoms with Gasteiger partial charge in [0.1, 0.15) is 0 Å². The van der Waals surface area contributed by atoms with Crippen molar-refractivity contribution < 1.29 is 8.42 Å². The van der Waals surface area contributed by atoms with Crippen molar-refractivity contribution >= 4 is 21.4 Å². The molecule has 0 bridgehead atoms. The second kappa shape index (κ2) is 4.93. The van der Waals surface area contributed by atoms with Crippen molar-refractivity contribution in [2.24, 2.45) is 0 Å². The zero-order chi connectivity index (χ0) is 13.1. The summed E-state index contributed by atoms with van der Waals surface area (Å²) in [5.74, 6) is 0. The van der Waals surface area contributed by atoms with Crippen molar-refractivity contribution in [2.75, 3.05) is 23.9 Å². The molecule has 1 rings (SSSR count). The molecule has 4 N–H and O–H groups in total. The number of benzene rings is 1. The molecule has 1 aromatic rings. The Morgan fingerprint density at radius 1 is 1.24 bits per heavy atom. The Bertz CT molecular complexity index is 466. The molecule has 0 heterocycles. The number of sulfonamides is 1. The smallest absolute Gasteiger partial charge is 0.209 e. The SMILES string of the molecule is CC(C)(CNc1ccc(N)cc1)NS(C)(=O)=O. The molecule has 0 radical (unpaired) electrons. The molecule has 0 spiro atoms. The number of rotatable bonds is 5. The number of hydrogen-bond acceptors (Lipinski definition) is 4. The van der Waals surface area contributed by atoms with Crippen LogP contribution < -0.4 is 15.8 Å². The van der Waals surface area contributed by atoms with Gasteiger partial charge in [0.05, 0.1) is 6.26 Å². The van der Waals surface area contributed by atoms with E-state index in [0.717, 1.165) is 11.9 Å². The number of hydrogen-bond donors (Lipinski definition) is 3. The molecule has 0 saturated carbocycles. The Morgan fingerprint density at radius 2 is 1.76 bits per heavy atom. The lowest BCUT2D eigenvalue weighted by molar-refractivity contribution is 0.476. The average molecular weight is 257 g/mol. The average Bonchev–Trinajstić information content (AvgIpc) is 2.13. The summed E-state index contributed by atoms with van der Waals surface area (Å²) in [7, 11) is -3.20. The second-order valence-electron chi connectivity index (χ2n) is 4.73. The second-order valence-corrected chi connectivity index (χ2v) is 6.48. The maximum Gasteiger partial charge on any atom is 0.209 e. The van der Waals surface area contributed by atoms with Crippen LogP contribution in [0.5, 0.6) is 0 Å². The Morgan fingerprint density at radius 3 is 2.24 bits per heavy atom. The number of nitrogens with one attached hydrogen (secondary N) is 2. The van der Waals surface area contributed by atoms with Crippen LogP contribution in [0.4, 0.5) is 11.4 Å². The van der Waals surface area contributed by atoms with E-state index < -0.39 is 15.6 Å². The lowest BCUT2D eigenvalue weighted by Gasteiger charge is -2.25. The van der Waals surface area contributed by atoms with E-state index in [9.17, 15) is 8.42 Å². The molecule has 1 aromatic carbocycles. The largest absolute Gasteiger partial charge is 0.399 e. The van der Waals surface area contributed by atoms with Crippen molar-refractivity contribution in [3.8, 4) is 0 Å². The molecule has 0 amide bonds. The molecule has 0 aliphatic carbocycles. The van der Waals surface area contributed by atoms with Crippen molar-refractivity contribution in [1.82, 2.24) is 4.72 Å². The lowest BCUT2D eigenvalue weighted by Crippen LogP contribution is -2.47. The molecule has 0 fully saturated rings. The zero-order valence-electron chi connectivity index (χ0n) is 10.3. The fraction of sp³-hybridized carbons (Fsp3) is 0.455. The van der Waals surface area contributed by atoms with Gasteiger partial charge in [0.25, 0.3) is 0 Å². The standard InChI is InChI=1S/C11H19N3O2S/c1-11(2,14-17(3,15)16)8-13-10-6-4-9(12)5-7-10/h4-7,13-14H,8,12H2,1-3H3. The van der Waals surface area contributed by atoms with E-state index in [1.54, 1.807) is 12.1 Å². The summed E-state index contributed by atoms with van der Waals surface area (Å²) < 4.78 is 24.9. The molecule has 0 atom stereocenters. The Kier molecular flexibility index (Phi) is 4.00. The quantitative estimate of drug-likeness (QED) is 0.687. The van der Waals surface area contributed by atoms with E-state index in [1.807, 2.05) is 26.0 Å². The number of anilines is 2. The minimum absolute atomic E-state index is 0.490. The monoisotopic (exact) mass is 257 g/mol. The molecule has 0 aromatic heterocycles. The van der Waals surface area contributed by atoms with Gasteiger partial charge in [-0.15, -0.1) is 0 Å². The van der Waals surface area contributed by atoms with E-state index in [1.165, 1.54) is 0 Å². The van der Waals surface area contributed by atoms with Crippen LogP contribution in [-0.2, 0) is 10.0 Å². The van der Waals surface area contributed by atoms with Gasteiger partial charge in [0.15, 0.2) is 0 Å². The Balaban J connectivity index is 2.58. The van der Waals surface area contributed by atoms with Gasteiger partial charge in [-0.3, -0.25) is 0 Å². The minimum atomic E-state index is -3.20. The first-order valence-electron chi connectivity index (χ1n) is 5.26. The van der Waals surface area contributed by atoms with Gasteiger partial charge in [0.2, 0.25) is 10.0 Å². The van der Waals surface area contributed by atoms with Gasteiger partial charge >= 0.3 is 0 Å². The summed E-state index contributed by atoms with van der Waals surface area (Å²) in [4.78, 5) is 0. The van der Waals surface area contributed by atoms with Crippen LogP contribution in [0, 0.1) is 0 Å². The maximum absolute atomic E-state index is 11.1. The molecule has 0 aliphatic heterocycles. The summed E-state index contributed by atoms with van der Waals surface area (Å²) in [5, 5.41) is 3.15. The summed E-state index contributed by atoms with van der Waals surface area (Å²) in [6.07, 6.45) is 1.15. The van der Waals surface area contributed by atoms with E-state index in [4.69, 9.17) is 5.73 Å². The molecule has 0 aliphatic rings. The summed E-state index contributed by atoms with van der Waals surface area (Å²) in [6, 6.07) is 7.29. The number of nitrogens with two attached hydrogens (primary N) is 1. The fourth-order valence-electron chi connectivity index (χ4n) is 1.46. The maximum atomic E-state index is 11.1. The van der Waals surface area contributed by atoms with E-state index >= 15 is 0 Å². The first-order valence-corrected chi connectivity index (χ1v) is 7.15. The van der Waals surface area contributed by atoms with Crippen LogP contribution in [0.15, 0.2) is 24.3 Å². The van der Waals surface area contributed by atoms with Crippen molar-refractivity contribution in [2.45, 2.75) is 19.4 Å². The molecule has 96 valence electrons. The Labute approximate surface area is 102 Å². The minimum Gasteiger partial charge on any atom is -0.399 e. The van der Waals surface area contributed by atoms with Crippen LogP contribution in [-0.4, -0.2) is 26.8 Å². The summed E-state index contributed by atoms with van der Waals surface area (Å²) in [6.45, 7) is 4.13. The van der Waals surface area contributed by atoms with Gasteiger partial charge in [-0.05, 0) is 38.1 Å². The van der Waals surface area contributed by atoms with E-state index in [0.29, 0.717) is 12.2 Å². The predicted octanol–water partition coefficient (Wildman–Crippen LogP) is 1.01. The highest BCUT2D eigenvalue weighted by Crippen LogP contribution is 2.12. The molecule has 17 heavy (non-hydrogen) atoms. The summed E-state index contributed by atoms with van der Waals surface area (Å²) in [5.41, 5.74) is 6.63. The third-order valence-electron chi connectivity index (χ3n) is 2.11. The van der Waals surface area contributed by atoms with Gasteiger partial charge in [-0.25, -0.2) is 13.1 Å². The first-order chi connectivity index (χ1) is 7.68. The van der Waals surface area contributed by atoms with Crippen molar-refractivity contribution in [3.63, 3.8) is 0 Å². The van der Waals surface area contributed by atoms with Crippen molar-refractivity contribution in [3.05, 3.63) is 24.3 Å². The molecular weight excluding hydrogens is 238 g/mol. The highest BCUT2D eigenvalue weighted by molar-refractivity contribution is 7.88. The highest BCUT2D eigenvalue weighted by Gasteiger charge is 2.21. The van der Waals surface area contributed by atoms with E-state index in [-0.39, 0.29) is 0 Å². The summed E-state index contributed by atoms with van der Waals surface area (Å²) >= 11 is 0. The third kappa shape index (κ3) is 5.55. The first kappa shape index (κ1) is 13.8. The van der Waals surface area contributed by atoms with Gasteiger partial charge in [-0.2, -0.15) is 0 Å². The topological polar surface area (TPSA) is 84.2 Å². The van der Waals surface area contributed by atoms with Gasteiger partial charge < -0.3 is 11.1 Å². The highest BCUT2D eigenvalue weighted by atomic mass is 32.2. The van der Waals surface area contributed by atoms with Gasteiger partial charge in [-0.1, -0.05) is 0 Å². The van der Waals surface area contributed by atoms with E-state index in [2.05, 4.69) is 10.0 Å². The molecule has 0 saturated heterocycles. The predicted molar refractivity (Wildman–Crippen MR) is 71.4 cm³/mol. The molecule has 5 nitrogen and oxygen atoms in total. The van der Waals surface area contributed by atoms with Crippen LogP contribution in [0.25, 0.3) is 0 Å². The molecular formula is C11H19N3O2S. The van der Waals surface area contributed by atoms with Crippen LogP contribution in [0.1, 0.15) is 13.8 Å². The van der Waals surface area contributed by atoms with Gasteiger partial charge in [0, 0.05) is 23.5 Å². The zero-order valence-corrected chi connectivity index (χ0v) is 11.1. The lowest BCUT2D eigenvalue weighted by atomic mass is 10.1. The molecule has 6 heteroatoms. The van der Waals surface area contributed by atoms with Crippen molar-refractivity contribution in [1.29, 1.82) is 0 Å². The van der Waals surface area contributed by atoms with Crippen LogP contribution in [0.3, 0.4) is 0 Å². The third-order valence-corrected chi connectivity index (χ3v) is 3.03. The normalized spacial score (nSPS) is 12.4. The Hall–Kier alpha value is -1.27. The fourth-order valence-corrected chi connectivity index (χ4v) is 2.54.